The quantitative estimate of drug-likeness (QED) is 0.748. The van der Waals surface area contributed by atoms with Gasteiger partial charge in [-0.05, 0) is 52.1 Å². The fourth-order valence-electron chi connectivity index (χ4n) is 2.70. The Bertz CT molecular complexity index is 362. The zero-order valence-corrected chi connectivity index (χ0v) is 13.1. The molecule has 102 valence electrons. The highest BCUT2D eigenvalue weighted by Gasteiger charge is 2.24. The van der Waals surface area contributed by atoms with Crippen LogP contribution in [0.2, 0.25) is 0 Å². The van der Waals surface area contributed by atoms with Gasteiger partial charge in [-0.2, -0.15) is 5.10 Å². The van der Waals surface area contributed by atoms with E-state index in [1.807, 2.05) is 0 Å². The maximum atomic E-state index is 4.65. The lowest BCUT2D eigenvalue weighted by Crippen LogP contribution is -2.29. The molecular formula is C14H24BrN3. The second-order valence-corrected chi connectivity index (χ2v) is 6.27. The second-order valence-electron chi connectivity index (χ2n) is 5.48. The summed E-state index contributed by atoms with van der Waals surface area (Å²) in [6, 6.07) is 3.40. The van der Waals surface area contributed by atoms with Gasteiger partial charge in [0.1, 0.15) is 0 Å². The van der Waals surface area contributed by atoms with E-state index in [9.17, 15) is 0 Å². The third-order valence-electron chi connectivity index (χ3n) is 3.73. The zero-order chi connectivity index (χ0) is 13.0. The highest BCUT2D eigenvalue weighted by molar-refractivity contribution is 9.09. The third-order valence-corrected chi connectivity index (χ3v) is 4.29. The number of aromatic nitrogens is 2. The van der Waals surface area contributed by atoms with E-state index in [2.05, 4.69) is 56.7 Å². The third kappa shape index (κ3) is 3.58. The first kappa shape index (κ1) is 14.1. The fourth-order valence-corrected chi connectivity index (χ4v) is 3.02. The van der Waals surface area contributed by atoms with Crippen molar-refractivity contribution in [2.24, 2.45) is 0 Å². The maximum Gasteiger partial charge on any atom is 0.0764 e. The van der Waals surface area contributed by atoms with E-state index < -0.39 is 0 Å². The van der Waals surface area contributed by atoms with E-state index in [0.29, 0.717) is 6.04 Å². The molecular weight excluding hydrogens is 290 g/mol. The van der Waals surface area contributed by atoms with Gasteiger partial charge in [0.2, 0.25) is 0 Å². The zero-order valence-electron chi connectivity index (χ0n) is 11.5. The lowest BCUT2D eigenvalue weighted by Gasteiger charge is -2.23. The van der Waals surface area contributed by atoms with Crippen molar-refractivity contribution < 1.29 is 0 Å². The molecule has 0 saturated carbocycles. The summed E-state index contributed by atoms with van der Waals surface area (Å²) in [5.74, 6) is 0. The number of rotatable bonds is 6. The molecule has 0 radical (unpaired) electrons. The molecule has 3 nitrogen and oxygen atoms in total. The summed E-state index contributed by atoms with van der Waals surface area (Å²) in [7, 11) is 0. The van der Waals surface area contributed by atoms with Gasteiger partial charge >= 0.3 is 0 Å². The highest BCUT2D eigenvalue weighted by atomic mass is 79.9. The largest absolute Gasteiger partial charge is 0.294 e. The first-order valence-corrected chi connectivity index (χ1v) is 8.17. The standard InChI is InChI=1S/C14H24BrN3/c1-12(2)18-10-7-13(16-18)11-17-9-4-6-14(17)5-3-8-15/h7,10,12,14H,3-6,8-9,11H2,1-2H3. The highest BCUT2D eigenvalue weighted by Crippen LogP contribution is 2.23. The van der Waals surface area contributed by atoms with Gasteiger partial charge in [-0.15, -0.1) is 0 Å². The summed E-state index contributed by atoms with van der Waals surface area (Å²) in [6.45, 7) is 6.60. The molecule has 4 heteroatoms. The minimum Gasteiger partial charge on any atom is -0.294 e. The average Bonchev–Trinajstić information content (AvgIpc) is 2.96. The molecule has 1 fully saturated rings. The Hall–Kier alpha value is -0.350. The van der Waals surface area contributed by atoms with E-state index in [1.54, 1.807) is 0 Å². The molecule has 0 aromatic carbocycles. The van der Waals surface area contributed by atoms with Crippen LogP contribution < -0.4 is 0 Å². The summed E-state index contributed by atoms with van der Waals surface area (Å²) in [4.78, 5) is 2.61. The maximum absolute atomic E-state index is 4.65. The van der Waals surface area contributed by atoms with Gasteiger partial charge in [0, 0.05) is 30.2 Å². The van der Waals surface area contributed by atoms with Gasteiger partial charge in [-0.1, -0.05) is 15.9 Å². The number of hydrogen-bond acceptors (Lipinski definition) is 2. The van der Waals surface area contributed by atoms with E-state index in [-0.39, 0.29) is 0 Å². The van der Waals surface area contributed by atoms with Crippen molar-refractivity contribution in [2.75, 3.05) is 11.9 Å². The Morgan fingerprint density at radius 1 is 1.50 bits per heavy atom. The molecule has 1 saturated heterocycles. The molecule has 2 heterocycles. The van der Waals surface area contributed by atoms with Crippen LogP contribution in [0.1, 0.15) is 51.3 Å². The summed E-state index contributed by atoms with van der Waals surface area (Å²) in [5.41, 5.74) is 1.22. The topological polar surface area (TPSA) is 21.1 Å². The van der Waals surface area contributed by atoms with Crippen LogP contribution >= 0.6 is 15.9 Å². The lowest BCUT2D eigenvalue weighted by atomic mass is 10.1. The lowest BCUT2D eigenvalue weighted by molar-refractivity contribution is 0.230. The molecule has 1 aliphatic heterocycles. The van der Waals surface area contributed by atoms with Crippen LogP contribution in [0.25, 0.3) is 0 Å². The first-order chi connectivity index (χ1) is 8.70. The Kier molecular flexibility index (Phi) is 5.25. The number of alkyl halides is 1. The summed E-state index contributed by atoms with van der Waals surface area (Å²) in [5, 5.41) is 5.78. The van der Waals surface area contributed by atoms with Crippen LogP contribution in [-0.2, 0) is 6.54 Å². The molecule has 1 aromatic rings. The van der Waals surface area contributed by atoms with Crippen LogP contribution in [0.3, 0.4) is 0 Å². The molecule has 18 heavy (non-hydrogen) atoms. The average molecular weight is 314 g/mol. The monoisotopic (exact) mass is 313 g/mol. The Labute approximate surface area is 119 Å². The number of halogens is 1. The Morgan fingerprint density at radius 3 is 3.00 bits per heavy atom. The molecule has 0 bridgehead atoms. The molecule has 2 rings (SSSR count). The van der Waals surface area contributed by atoms with Crippen LogP contribution in [-0.4, -0.2) is 32.6 Å². The minimum absolute atomic E-state index is 0.460. The van der Waals surface area contributed by atoms with E-state index in [0.717, 1.165) is 17.9 Å². The molecule has 1 unspecified atom stereocenters. The van der Waals surface area contributed by atoms with Crippen molar-refractivity contribution >= 4 is 15.9 Å². The number of hydrogen-bond donors (Lipinski definition) is 0. The van der Waals surface area contributed by atoms with Crippen molar-refractivity contribution in [1.82, 2.24) is 14.7 Å². The van der Waals surface area contributed by atoms with Crippen molar-refractivity contribution in [2.45, 2.75) is 58.2 Å². The normalized spacial score (nSPS) is 21.0. The predicted octanol–water partition coefficient (Wildman–Crippen LogP) is 3.60. The number of nitrogens with zero attached hydrogens (tertiary/aromatic N) is 3. The van der Waals surface area contributed by atoms with Gasteiger partial charge in [0.05, 0.1) is 5.69 Å². The van der Waals surface area contributed by atoms with Gasteiger partial charge in [0.25, 0.3) is 0 Å². The molecule has 0 N–H and O–H groups in total. The van der Waals surface area contributed by atoms with Crippen LogP contribution in [0.5, 0.6) is 0 Å². The summed E-state index contributed by atoms with van der Waals surface area (Å²) >= 11 is 3.53. The second kappa shape index (κ2) is 6.71. The SMILES string of the molecule is CC(C)n1ccc(CN2CCCC2CCCBr)n1. The Morgan fingerprint density at radius 2 is 2.33 bits per heavy atom. The van der Waals surface area contributed by atoms with Crippen LogP contribution in [0, 0.1) is 0 Å². The number of likely N-dealkylation sites (tertiary alicyclic amines) is 1. The molecule has 0 amide bonds. The van der Waals surface area contributed by atoms with Crippen molar-refractivity contribution in [3.63, 3.8) is 0 Å². The molecule has 0 aliphatic carbocycles. The first-order valence-electron chi connectivity index (χ1n) is 7.04. The summed E-state index contributed by atoms with van der Waals surface area (Å²) < 4.78 is 2.05. The summed E-state index contributed by atoms with van der Waals surface area (Å²) in [6.07, 6.45) is 7.40. The molecule has 1 aromatic heterocycles. The van der Waals surface area contributed by atoms with Gasteiger partial charge in [0.15, 0.2) is 0 Å². The van der Waals surface area contributed by atoms with Crippen LogP contribution in [0.4, 0.5) is 0 Å². The van der Waals surface area contributed by atoms with E-state index >= 15 is 0 Å². The van der Waals surface area contributed by atoms with Crippen molar-refractivity contribution in [3.8, 4) is 0 Å². The smallest absolute Gasteiger partial charge is 0.0764 e. The molecule has 0 spiro atoms. The fraction of sp³-hybridized carbons (Fsp3) is 0.786. The predicted molar refractivity (Wildman–Crippen MR) is 79.1 cm³/mol. The van der Waals surface area contributed by atoms with E-state index in [1.165, 1.54) is 37.9 Å². The van der Waals surface area contributed by atoms with Crippen molar-refractivity contribution in [3.05, 3.63) is 18.0 Å². The Balaban J connectivity index is 1.90. The minimum atomic E-state index is 0.460. The molecule has 1 aliphatic rings. The van der Waals surface area contributed by atoms with E-state index in [4.69, 9.17) is 0 Å². The van der Waals surface area contributed by atoms with Gasteiger partial charge < -0.3 is 0 Å². The van der Waals surface area contributed by atoms with Crippen molar-refractivity contribution in [1.29, 1.82) is 0 Å². The van der Waals surface area contributed by atoms with Gasteiger partial charge in [-0.25, -0.2) is 0 Å². The van der Waals surface area contributed by atoms with Gasteiger partial charge in [-0.3, -0.25) is 9.58 Å². The van der Waals surface area contributed by atoms with Crippen LogP contribution in [0.15, 0.2) is 12.3 Å². The molecule has 1 atom stereocenters.